The monoisotopic (exact) mass is 371 g/mol. The van der Waals surface area contributed by atoms with Crippen LogP contribution in [0.4, 0.5) is 0 Å². The van der Waals surface area contributed by atoms with Crippen molar-refractivity contribution in [2.24, 2.45) is 16.8 Å². The van der Waals surface area contributed by atoms with Crippen LogP contribution in [0, 0.1) is 11.8 Å². The van der Waals surface area contributed by atoms with Gasteiger partial charge >= 0.3 is 5.69 Å². The molecule has 2 aliphatic carbocycles. The van der Waals surface area contributed by atoms with Gasteiger partial charge in [0.25, 0.3) is 5.56 Å². The van der Waals surface area contributed by atoms with Crippen LogP contribution in [0.2, 0.25) is 0 Å². The molecule has 5 nitrogen and oxygen atoms in total. The molecule has 1 aromatic rings. The minimum absolute atomic E-state index is 0.249. The number of aromatic nitrogens is 2. The molecule has 0 aromatic carbocycles. The van der Waals surface area contributed by atoms with Crippen LogP contribution in [-0.2, 0) is 6.42 Å². The maximum Gasteiger partial charge on any atom is 0.325 e. The molecule has 0 radical (unpaired) electrons. The summed E-state index contributed by atoms with van der Waals surface area (Å²) in [4.78, 5) is 34.2. The number of aromatic amines is 2. The average molecular weight is 372 g/mol. The number of aliphatic imine (C=N–C) groups is 1. The molecule has 3 aliphatic rings. The highest BCUT2D eigenvalue weighted by Crippen LogP contribution is 2.40. The van der Waals surface area contributed by atoms with Gasteiger partial charge in [0.15, 0.2) is 0 Å². The van der Waals surface area contributed by atoms with Crippen molar-refractivity contribution in [1.29, 1.82) is 0 Å². The van der Waals surface area contributed by atoms with Crippen molar-refractivity contribution in [3.8, 4) is 0 Å². The number of hydrogen-bond donors (Lipinski definition) is 2. The van der Waals surface area contributed by atoms with E-state index in [-0.39, 0.29) is 11.5 Å². The van der Waals surface area contributed by atoms with Gasteiger partial charge < -0.3 is 4.98 Å². The Morgan fingerprint density at radius 2 is 1.96 bits per heavy atom. The lowest BCUT2D eigenvalue weighted by atomic mass is 9.72. The number of allylic oxidation sites excluding steroid dienone is 4. The third kappa shape index (κ3) is 3.80. The summed E-state index contributed by atoms with van der Waals surface area (Å²) in [6.45, 7) is 0.824. The second-order valence-corrected chi connectivity index (χ2v) is 8.59. The van der Waals surface area contributed by atoms with Crippen LogP contribution in [0.25, 0.3) is 0 Å². The highest BCUT2D eigenvalue weighted by Gasteiger charge is 2.29. The van der Waals surface area contributed by atoms with Crippen molar-refractivity contribution in [2.45, 2.75) is 44.4 Å². The Morgan fingerprint density at radius 1 is 1.12 bits per heavy atom. The van der Waals surface area contributed by atoms with Gasteiger partial charge in [-0.3, -0.25) is 14.8 Å². The summed E-state index contributed by atoms with van der Waals surface area (Å²) in [6.07, 6.45) is 14.9. The van der Waals surface area contributed by atoms with Crippen LogP contribution >= 0.6 is 11.8 Å². The van der Waals surface area contributed by atoms with Crippen molar-refractivity contribution in [1.82, 2.24) is 9.97 Å². The smallest absolute Gasteiger partial charge is 0.311 e. The van der Waals surface area contributed by atoms with Gasteiger partial charge in [0, 0.05) is 30.0 Å². The molecule has 0 amide bonds. The summed E-state index contributed by atoms with van der Waals surface area (Å²) >= 11 is 1.72. The molecule has 1 fully saturated rings. The van der Waals surface area contributed by atoms with Crippen LogP contribution in [-0.4, -0.2) is 27.3 Å². The number of thioether (sulfide) groups is 1. The highest BCUT2D eigenvalue weighted by atomic mass is 32.2. The molecule has 1 saturated carbocycles. The lowest BCUT2D eigenvalue weighted by Gasteiger charge is -2.33. The van der Waals surface area contributed by atoms with E-state index in [1.54, 1.807) is 11.8 Å². The van der Waals surface area contributed by atoms with Gasteiger partial charge in [-0.25, -0.2) is 4.79 Å². The molecule has 0 spiro atoms. The maximum absolute atomic E-state index is 12.4. The van der Waals surface area contributed by atoms with E-state index >= 15 is 0 Å². The van der Waals surface area contributed by atoms with E-state index in [4.69, 9.17) is 0 Å². The fourth-order valence-corrected chi connectivity index (χ4v) is 5.32. The molecule has 0 bridgehead atoms. The Hall–Kier alpha value is -1.82. The average Bonchev–Trinajstić information content (AvgIpc) is 3.18. The standard InChI is InChI=1S/C20H25N3O2S/c24-19-16(12-17-21-10-11-26-17)18(22-20(25)23-19)15-8-6-14(7-9-15)13-4-2-1-3-5-13/h1-4,13-15H,5-12H2,(H2,22,23,24,25)/t13?,14-,15-. The summed E-state index contributed by atoms with van der Waals surface area (Å²) in [6, 6.07) is 0. The number of H-pyrrole nitrogens is 2. The van der Waals surface area contributed by atoms with E-state index < -0.39 is 5.69 Å². The van der Waals surface area contributed by atoms with E-state index in [1.807, 2.05) is 0 Å². The fourth-order valence-electron chi connectivity index (χ4n) is 4.48. The molecule has 138 valence electrons. The van der Waals surface area contributed by atoms with Crippen LogP contribution in [0.15, 0.2) is 38.9 Å². The molecule has 1 atom stereocenters. The highest BCUT2D eigenvalue weighted by molar-refractivity contribution is 8.14. The second-order valence-electron chi connectivity index (χ2n) is 7.43. The first-order valence-electron chi connectivity index (χ1n) is 9.55. The quantitative estimate of drug-likeness (QED) is 0.853. The summed E-state index contributed by atoms with van der Waals surface area (Å²) in [5, 5.41) is 1.01. The van der Waals surface area contributed by atoms with E-state index in [2.05, 4.69) is 39.3 Å². The summed E-state index contributed by atoms with van der Waals surface area (Å²) in [7, 11) is 0. The Labute approximate surface area is 157 Å². The topological polar surface area (TPSA) is 78.1 Å². The molecule has 2 heterocycles. The van der Waals surface area contributed by atoms with Gasteiger partial charge in [-0.1, -0.05) is 24.3 Å². The fraction of sp³-hybridized carbons (Fsp3) is 0.550. The maximum atomic E-state index is 12.4. The minimum Gasteiger partial charge on any atom is -0.311 e. The zero-order valence-electron chi connectivity index (χ0n) is 14.9. The Kier molecular flexibility index (Phi) is 5.29. The SMILES string of the molecule is O=c1[nH]c(=O)c(CC2=NCCS2)c([C@H]2CC[C@H](C3C=CC=CC3)CC2)[nH]1. The molecular weight excluding hydrogens is 346 g/mol. The van der Waals surface area contributed by atoms with Crippen molar-refractivity contribution in [2.75, 3.05) is 12.3 Å². The van der Waals surface area contributed by atoms with Crippen LogP contribution in [0.5, 0.6) is 0 Å². The Balaban J connectivity index is 1.52. The van der Waals surface area contributed by atoms with E-state index in [0.717, 1.165) is 55.1 Å². The molecular formula is C20H25N3O2S. The van der Waals surface area contributed by atoms with Gasteiger partial charge in [0.2, 0.25) is 0 Å². The first-order valence-corrected chi connectivity index (χ1v) is 10.5. The Morgan fingerprint density at radius 3 is 2.65 bits per heavy atom. The van der Waals surface area contributed by atoms with E-state index in [0.29, 0.717) is 23.8 Å². The van der Waals surface area contributed by atoms with Crippen molar-refractivity contribution in [3.63, 3.8) is 0 Å². The lowest BCUT2D eigenvalue weighted by Crippen LogP contribution is -2.31. The lowest BCUT2D eigenvalue weighted by molar-refractivity contribution is 0.262. The zero-order valence-corrected chi connectivity index (χ0v) is 15.7. The normalized spacial score (nSPS) is 28.3. The molecule has 6 heteroatoms. The first kappa shape index (κ1) is 17.6. The molecule has 1 aliphatic heterocycles. The van der Waals surface area contributed by atoms with Crippen molar-refractivity contribution >= 4 is 16.8 Å². The van der Waals surface area contributed by atoms with Gasteiger partial charge in [-0.05, 0) is 49.9 Å². The zero-order chi connectivity index (χ0) is 17.9. The molecule has 0 saturated heterocycles. The Bertz CT molecular complexity index is 857. The van der Waals surface area contributed by atoms with Crippen molar-refractivity contribution in [3.05, 3.63) is 56.4 Å². The second kappa shape index (κ2) is 7.82. The predicted octanol–water partition coefficient (Wildman–Crippen LogP) is 3.16. The van der Waals surface area contributed by atoms with Crippen LogP contribution in [0.3, 0.4) is 0 Å². The summed E-state index contributed by atoms with van der Waals surface area (Å²) in [5.74, 6) is 2.61. The largest absolute Gasteiger partial charge is 0.325 e. The van der Waals surface area contributed by atoms with Gasteiger partial charge in [-0.2, -0.15) is 0 Å². The van der Waals surface area contributed by atoms with Gasteiger partial charge in [0.05, 0.1) is 5.04 Å². The molecule has 26 heavy (non-hydrogen) atoms. The first-order chi connectivity index (χ1) is 12.7. The number of nitrogens with zero attached hydrogens (tertiary/aromatic N) is 1. The van der Waals surface area contributed by atoms with E-state index in [9.17, 15) is 9.59 Å². The molecule has 2 N–H and O–H groups in total. The predicted molar refractivity (Wildman–Crippen MR) is 107 cm³/mol. The number of rotatable bonds is 4. The molecule has 4 rings (SSSR count). The molecule has 1 unspecified atom stereocenters. The van der Waals surface area contributed by atoms with E-state index in [1.165, 1.54) is 0 Å². The van der Waals surface area contributed by atoms with Crippen molar-refractivity contribution < 1.29 is 0 Å². The number of nitrogens with one attached hydrogen (secondary N) is 2. The van der Waals surface area contributed by atoms with Crippen LogP contribution in [0.1, 0.15) is 49.3 Å². The van der Waals surface area contributed by atoms with Gasteiger partial charge in [0.1, 0.15) is 0 Å². The minimum atomic E-state index is -0.391. The number of hydrogen-bond acceptors (Lipinski definition) is 4. The summed E-state index contributed by atoms with van der Waals surface area (Å²) in [5.41, 5.74) is 0.923. The summed E-state index contributed by atoms with van der Waals surface area (Å²) < 4.78 is 0. The molecule has 1 aromatic heterocycles. The van der Waals surface area contributed by atoms with Crippen LogP contribution < -0.4 is 11.2 Å². The third-order valence-corrected chi connectivity index (χ3v) is 6.84. The van der Waals surface area contributed by atoms with Gasteiger partial charge in [-0.15, -0.1) is 11.8 Å². The third-order valence-electron chi connectivity index (χ3n) is 5.85.